The molecule has 0 radical (unpaired) electrons. The molecular formula is C13H22ClIN4. The fraction of sp³-hybridized carbons (Fsp3) is 0.615. The minimum absolute atomic E-state index is 0. The maximum atomic E-state index is 5.99. The highest BCUT2D eigenvalue weighted by Crippen LogP contribution is 2.19. The van der Waals surface area contributed by atoms with Crippen LogP contribution in [0.3, 0.4) is 0 Å². The van der Waals surface area contributed by atoms with Crippen molar-refractivity contribution in [2.24, 2.45) is 12.0 Å². The highest BCUT2D eigenvalue weighted by Gasteiger charge is 2.20. The molecule has 0 aliphatic heterocycles. The van der Waals surface area contributed by atoms with Crippen LogP contribution in [0.15, 0.2) is 17.3 Å². The summed E-state index contributed by atoms with van der Waals surface area (Å²) in [6, 6.07) is 2.59. The lowest BCUT2D eigenvalue weighted by atomic mass is 9.93. The molecule has 1 N–H and O–H groups in total. The largest absolute Gasteiger partial charge is 0.354 e. The number of nitrogens with zero attached hydrogens (tertiary/aromatic N) is 3. The molecule has 1 aromatic heterocycles. The Morgan fingerprint density at radius 1 is 1.58 bits per heavy atom. The lowest BCUT2D eigenvalue weighted by Gasteiger charge is -2.31. The molecule has 1 aliphatic carbocycles. The number of guanidine groups is 1. The van der Waals surface area contributed by atoms with Gasteiger partial charge in [0.15, 0.2) is 5.96 Å². The van der Waals surface area contributed by atoms with Crippen LogP contribution in [0.25, 0.3) is 0 Å². The summed E-state index contributed by atoms with van der Waals surface area (Å²) in [7, 11) is 5.89. The van der Waals surface area contributed by atoms with Crippen molar-refractivity contribution < 1.29 is 0 Å². The number of halogens is 2. The Bertz CT molecular complexity index is 440. The van der Waals surface area contributed by atoms with Crippen molar-refractivity contribution in [2.75, 3.05) is 14.1 Å². The molecule has 19 heavy (non-hydrogen) atoms. The zero-order valence-corrected chi connectivity index (χ0v) is 14.8. The van der Waals surface area contributed by atoms with E-state index >= 15 is 0 Å². The average molecular weight is 397 g/mol. The van der Waals surface area contributed by atoms with Gasteiger partial charge in [-0.2, -0.15) is 0 Å². The monoisotopic (exact) mass is 396 g/mol. The molecule has 1 heterocycles. The van der Waals surface area contributed by atoms with Crippen LogP contribution in [0.5, 0.6) is 0 Å². The second kappa shape index (κ2) is 7.38. The molecule has 1 saturated carbocycles. The van der Waals surface area contributed by atoms with Gasteiger partial charge in [-0.15, -0.1) is 24.0 Å². The van der Waals surface area contributed by atoms with Crippen LogP contribution in [0.4, 0.5) is 0 Å². The van der Waals surface area contributed by atoms with Gasteiger partial charge >= 0.3 is 0 Å². The van der Waals surface area contributed by atoms with E-state index in [0.29, 0.717) is 6.04 Å². The lowest BCUT2D eigenvalue weighted by molar-refractivity contribution is 0.358. The molecule has 108 valence electrons. The number of aliphatic imine (C=N–C) groups is 1. The third-order valence-electron chi connectivity index (χ3n) is 3.49. The predicted molar refractivity (Wildman–Crippen MR) is 91.4 cm³/mol. The summed E-state index contributed by atoms with van der Waals surface area (Å²) in [5, 5.41) is 4.26. The predicted octanol–water partition coefficient (Wildman–Crippen LogP) is 2.86. The van der Waals surface area contributed by atoms with E-state index in [-0.39, 0.29) is 24.0 Å². The van der Waals surface area contributed by atoms with Gasteiger partial charge in [0.2, 0.25) is 0 Å². The van der Waals surface area contributed by atoms with Gasteiger partial charge in [-0.25, -0.2) is 0 Å². The van der Waals surface area contributed by atoms with Crippen LogP contribution < -0.4 is 5.32 Å². The van der Waals surface area contributed by atoms with Crippen molar-refractivity contribution in [1.82, 2.24) is 14.8 Å². The van der Waals surface area contributed by atoms with Crippen molar-refractivity contribution in [1.29, 1.82) is 0 Å². The number of nitrogens with one attached hydrogen (secondary N) is 1. The summed E-state index contributed by atoms with van der Waals surface area (Å²) in [6.07, 6.45) is 5.75. The highest BCUT2D eigenvalue weighted by atomic mass is 127. The van der Waals surface area contributed by atoms with Crippen molar-refractivity contribution in [2.45, 2.75) is 31.8 Å². The van der Waals surface area contributed by atoms with E-state index < -0.39 is 0 Å². The molecule has 0 amide bonds. The topological polar surface area (TPSA) is 32.6 Å². The Morgan fingerprint density at radius 2 is 2.26 bits per heavy atom. The first-order chi connectivity index (χ1) is 8.60. The summed E-state index contributed by atoms with van der Waals surface area (Å²) in [6.45, 7) is 0.801. The third kappa shape index (κ3) is 4.27. The van der Waals surface area contributed by atoms with Crippen molar-refractivity contribution in [3.05, 3.63) is 23.0 Å². The van der Waals surface area contributed by atoms with Gasteiger partial charge in [0.1, 0.15) is 0 Å². The lowest BCUT2D eigenvalue weighted by Crippen LogP contribution is -2.46. The van der Waals surface area contributed by atoms with E-state index in [9.17, 15) is 0 Å². The first-order valence-electron chi connectivity index (χ1n) is 6.35. The van der Waals surface area contributed by atoms with Gasteiger partial charge in [-0.1, -0.05) is 11.6 Å². The van der Waals surface area contributed by atoms with Gasteiger partial charge in [-0.05, 0) is 25.3 Å². The fourth-order valence-electron chi connectivity index (χ4n) is 2.12. The van der Waals surface area contributed by atoms with Crippen LogP contribution in [-0.2, 0) is 13.6 Å². The van der Waals surface area contributed by atoms with E-state index in [1.807, 2.05) is 26.4 Å². The van der Waals surface area contributed by atoms with Crippen molar-refractivity contribution >= 4 is 41.5 Å². The Balaban J connectivity index is 0.00000180. The Morgan fingerprint density at radius 3 is 2.68 bits per heavy atom. The first kappa shape index (κ1) is 16.6. The van der Waals surface area contributed by atoms with Crippen LogP contribution in [0.2, 0.25) is 5.02 Å². The molecule has 1 aliphatic rings. The van der Waals surface area contributed by atoms with Gasteiger partial charge in [0.25, 0.3) is 0 Å². The number of hydrogen-bond acceptors (Lipinski definition) is 1. The Kier molecular flexibility index (Phi) is 6.46. The summed E-state index contributed by atoms with van der Waals surface area (Å²) in [4.78, 5) is 6.46. The standard InChI is InChI=1S/C13H21ClN4.HI/c1-15-13(16-11-5-4-6-11)18(3)9-12-7-10(14)8-17(12)2;/h7-8,11H,4-6,9H2,1-3H3,(H,15,16);1H. The normalized spacial score (nSPS) is 15.7. The summed E-state index contributed by atoms with van der Waals surface area (Å²) >= 11 is 5.99. The minimum atomic E-state index is 0. The van der Waals surface area contributed by atoms with Crippen molar-refractivity contribution in [3.8, 4) is 0 Å². The number of hydrogen-bond donors (Lipinski definition) is 1. The molecule has 0 unspecified atom stereocenters. The van der Waals surface area contributed by atoms with Gasteiger partial charge < -0.3 is 14.8 Å². The zero-order chi connectivity index (χ0) is 13.1. The van der Waals surface area contributed by atoms with E-state index in [1.54, 1.807) is 0 Å². The van der Waals surface area contributed by atoms with Crippen LogP contribution in [0, 0.1) is 0 Å². The maximum absolute atomic E-state index is 5.99. The molecule has 0 spiro atoms. The van der Waals surface area contributed by atoms with E-state index in [0.717, 1.165) is 17.5 Å². The second-order valence-corrected chi connectivity index (χ2v) is 5.37. The van der Waals surface area contributed by atoms with E-state index in [1.165, 1.54) is 25.0 Å². The van der Waals surface area contributed by atoms with E-state index in [4.69, 9.17) is 11.6 Å². The molecule has 4 nitrogen and oxygen atoms in total. The van der Waals surface area contributed by atoms with Gasteiger partial charge in [0.05, 0.1) is 11.6 Å². The van der Waals surface area contributed by atoms with Crippen molar-refractivity contribution in [3.63, 3.8) is 0 Å². The molecule has 2 rings (SSSR count). The Hall–Kier alpha value is -0.430. The van der Waals surface area contributed by atoms with Crippen LogP contribution in [-0.4, -0.2) is 35.6 Å². The molecule has 6 heteroatoms. The van der Waals surface area contributed by atoms with Gasteiger partial charge in [-0.3, -0.25) is 4.99 Å². The highest BCUT2D eigenvalue weighted by molar-refractivity contribution is 14.0. The molecule has 0 saturated heterocycles. The first-order valence-corrected chi connectivity index (χ1v) is 6.73. The second-order valence-electron chi connectivity index (χ2n) is 4.94. The quantitative estimate of drug-likeness (QED) is 0.484. The number of aromatic nitrogens is 1. The summed E-state index contributed by atoms with van der Waals surface area (Å²) in [5.41, 5.74) is 1.18. The summed E-state index contributed by atoms with van der Waals surface area (Å²) < 4.78 is 2.05. The third-order valence-corrected chi connectivity index (χ3v) is 3.69. The number of rotatable bonds is 3. The van der Waals surface area contributed by atoms with E-state index in [2.05, 4.69) is 26.8 Å². The summed E-state index contributed by atoms with van der Waals surface area (Å²) in [5.74, 6) is 0.956. The van der Waals surface area contributed by atoms with Crippen LogP contribution in [0.1, 0.15) is 25.0 Å². The smallest absolute Gasteiger partial charge is 0.193 e. The molecule has 0 atom stereocenters. The van der Waals surface area contributed by atoms with Gasteiger partial charge in [0, 0.05) is 39.1 Å². The molecule has 1 aromatic rings. The minimum Gasteiger partial charge on any atom is -0.354 e. The fourth-order valence-corrected chi connectivity index (χ4v) is 2.39. The van der Waals surface area contributed by atoms with Crippen LogP contribution >= 0.6 is 35.6 Å². The molecular weight excluding hydrogens is 375 g/mol. The molecule has 1 fully saturated rings. The molecule has 0 bridgehead atoms. The SMILES string of the molecule is CN=C(NC1CCC1)N(C)Cc1cc(Cl)cn1C.I. The Labute approximate surface area is 137 Å². The zero-order valence-electron chi connectivity index (χ0n) is 11.7. The average Bonchev–Trinajstić information content (AvgIpc) is 2.56. The maximum Gasteiger partial charge on any atom is 0.193 e. The number of aryl methyl sites for hydroxylation is 1. The molecule has 0 aromatic carbocycles.